The number of ether oxygens (including phenoxy) is 1. The number of hydrogen-bond donors (Lipinski definition) is 2. The summed E-state index contributed by atoms with van der Waals surface area (Å²) in [7, 11) is 0. The number of hydrogen-bond acceptors (Lipinski definition) is 3. The number of fused-ring (bicyclic) bond motifs is 1. The Labute approximate surface area is 106 Å². The number of carbonyl (C=O) groups is 1. The maximum atomic E-state index is 11.0. The van der Waals surface area contributed by atoms with E-state index >= 15 is 0 Å². The van der Waals surface area contributed by atoms with Crippen molar-refractivity contribution in [1.82, 2.24) is 0 Å². The molecule has 1 aromatic carbocycles. The second kappa shape index (κ2) is 4.71. The maximum Gasteiger partial charge on any atom is 0.309 e. The van der Waals surface area contributed by atoms with Crippen LogP contribution in [0.25, 0.3) is 0 Å². The number of benzene rings is 1. The Morgan fingerprint density at radius 3 is 2.72 bits per heavy atom. The molecule has 0 saturated carbocycles. The lowest BCUT2D eigenvalue weighted by molar-refractivity contribution is -0.148. The minimum atomic E-state index is -0.936. The van der Waals surface area contributed by atoms with Crippen LogP contribution in [-0.2, 0) is 22.7 Å². The van der Waals surface area contributed by atoms with Crippen molar-refractivity contribution in [2.75, 3.05) is 0 Å². The Balaban J connectivity index is 2.14. The van der Waals surface area contributed by atoms with E-state index in [1.165, 1.54) is 0 Å². The fourth-order valence-electron chi connectivity index (χ4n) is 2.09. The molecular formula is C14H18O4. The molecule has 1 unspecified atom stereocenters. The molecule has 1 aliphatic heterocycles. The van der Waals surface area contributed by atoms with E-state index in [0.29, 0.717) is 13.2 Å². The molecule has 0 amide bonds. The summed E-state index contributed by atoms with van der Waals surface area (Å²) in [6.45, 7) is 4.43. The topological polar surface area (TPSA) is 66.8 Å². The summed E-state index contributed by atoms with van der Waals surface area (Å²) in [5, 5.41) is 19.2. The zero-order chi connectivity index (χ0) is 13.3. The van der Waals surface area contributed by atoms with Gasteiger partial charge in [0.2, 0.25) is 0 Å². The first-order valence-electron chi connectivity index (χ1n) is 6.01. The first kappa shape index (κ1) is 13.1. The minimum absolute atomic E-state index is 0.196. The summed E-state index contributed by atoms with van der Waals surface area (Å²) >= 11 is 0. The van der Waals surface area contributed by atoms with Crippen LogP contribution < -0.4 is 0 Å². The third-order valence-electron chi connectivity index (χ3n) is 3.41. The van der Waals surface area contributed by atoms with Crippen molar-refractivity contribution in [1.29, 1.82) is 0 Å². The predicted octanol–water partition coefficient (Wildman–Crippen LogP) is 2.25. The molecule has 1 aliphatic rings. The highest BCUT2D eigenvalue weighted by molar-refractivity contribution is 5.73. The van der Waals surface area contributed by atoms with Crippen molar-refractivity contribution < 1.29 is 19.7 Å². The standard InChI is InChI=1S/C14H18O4/c1-14(2,13(16)17)6-12(15)9-3-4-10-7-18-8-11(10)5-9/h3-5,12,15H,6-8H2,1-2H3,(H,16,17). The molecular weight excluding hydrogens is 232 g/mol. The monoisotopic (exact) mass is 250 g/mol. The summed E-state index contributed by atoms with van der Waals surface area (Å²) in [5.74, 6) is -0.897. The van der Waals surface area contributed by atoms with E-state index in [2.05, 4.69) is 0 Å². The normalized spacial score (nSPS) is 16.4. The van der Waals surface area contributed by atoms with Crippen molar-refractivity contribution in [2.45, 2.75) is 39.6 Å². The van der Waals surface area contributed by atoms with Crippen molar-refractivity contribution in [3.63, 3.8) is 0 Å². The summed E-state index contributed by atoms with van der Waals surface area (Å²) in [5.41, 5.74) is 2.05. The van der Waals surface area contributed by atoms with Gasteiger partial charge in [-0.1, -0.05) is 18.2 Å². The third kappa shape index (κ3) is 2.54. The van der Waals surface area contributed by atoms with Crippen molar-refractivity contribution in [3.8, 4) is 0 Å². The molecule has 0 aliphatic carbocycles. The number of rotatable bonds is 4. The molecule has 0 aromatic heterocycles. The lowest BCUT2D eigenvalue weighted by Gasteiger charge is -2.23. The van der Waals surface area contributed by atoms with E-state index in [1.807, 2.05) is 18.2 Å². The molecule has 4 heteroatoms. The Morgan fingerprint density at radius 1 is 1.39 bits per heavy atom. The lowest BCUT2D eigenvalue weighted by atomic mass is 9.84. The predicted molar refractivity (Wildman–Crippen MR) is 65.9 cm³/mol. The molecule has 0 bridgehead atoms. The van der Waals surface area contributed by atoms with Crippen LogP contribution in [0.1, 0.15) is 43.1 Å². The van der Waals surface area contributed by atoms with Crippen LogP contribution in [0.4, 0.5) is 0 Å². The lowest BCUT2D eigenvalue weighted by Crippen LogP contribution is -2.26. The average molecular weight is 250 g/mol. The summed E-state index contributed by atoms with van der Waals surface area (Å²) in [4.78, 5) is 11.0. The van der Waals surface area contributed by atoms with Crippen LogP contribution in [-0.4, -0.2) is 16.2 Å². The van der Waals surface area contributed by atoms with Gasteiger partial charge >= 0.3 is 5.97 Å². The first-order chi connectivity index (χ1) is 8.40. The zero-order valence-electron chi connectivity index (χ0n) is 10.6. The first-order valence-corrected chi connectivity index (χ1v) is 6.01. The van der Waals surface area contributed by atoms with Gasteiger partial charge in [-0.05, 0) is 37.0 Å². The molecule has 2 rings (SSSR count). The smallest absolute Gasteiger partial charge is 0.309 e. The molecule has 0 radical (unpaired) electrons. The molecule has 1 aromatic rings. The van der Waals surface area contributed by atoms with Gasteiger partial charge in [-0.2, -0.15) is 0 Å². The van der Waals surface area contributed by atoms with Gasteiger partial charge in [-0.3, -0.25) is 4.79 Å². The van der Waals surface area contributed by atoms with Gasteiger partial charge in [0.1, 0.15) is 0 Å². The van der Waals surface area contributed by atoms with E-state index in [9.17, 15) is 9.90 Å². The van der Waals surface area contributed by atoms with Gasteiger partial charge in [0, 0.05) is 0 Å². The Morgan fingerprint density at radius 2 is 2.06 bits per heavy atom. The number of carboxylic acids is 1. The molecule has 0 spiro atoms. The van der Waals surface area contributed by atoms with Gasteiger partial charge in [-0.15, -0.1) is 0 Å². The number of aliphatic hydroxyl groups excluding tert-OH is 1. The molecule has 98 valence electrons. The van der Waals surface area contributed by atoms with E-state index in [1.54, 1.807) is 13.8 Å². The quantitative estimate of drug-likeness (QED) is 0.860. The Hall–Kier alpha value is -1.39. The fourth-order valence-corrected chi connectivity index (χ4v) is 2.09. The number of carboxylic acid groups (broad SMARTS) is 1. The van der Waals surface area contributed by atoms with E-state index in [0.717, 1.165) is 16.7 Å². The van der Waals surface area contributed by atoms with Crippen molar-refractivity contribution >= 4 is 5.97 Å². The highest BCUT2D eigenvalue weighted by Crippen LogP contribution is 2.32. The second-order valence-corrected chi connectivity index (χ2v) is 5.43. The minimum Gasteiger partial charge on any atom is -0.481 e. The Kier molecular flexibility index (Phi) is 3.41. The maximum absolute atomic E-state index is 11.0. The van der Waals surface area contributed by atoms with Crippen LogP contribution in [0.5, 0.6) is 0 Å². The molecule has 18 heavy (non-hydrogen) atoms. The van der Waals surface area contributed by atoms with Crippen molar-refractivity contribution in [3.05, 3.63) is 34.9 Å². The molecule has 4 nitrogen and oxygen atoms in total. The summed E-state index contributed by atoms with van der Waals surface area (Å²) in [6.07, 6.45) is -0.566. The van der Waals surface area contributed by atoms with E-state index < -0.39 is 17.5 Å². The van der Waals surface area contributed by atoms with E-state index in [-0.39, 0.29) is 6.42 Å². The highest BCUT2D eigenvalue weighted by atomic mass is 16.5. The average Bonchev–Trinajstić information content (AvgIpc) is 2.74. The molecule has 2 N–H and O–H groups in total. The van der Waals surface area contributed by atoms with Gasteiger partial charge in [0.25, 0.3) is 0 Å². The van der Waals surface area contributed by atoms with Crippen LogP contribution in [0, 0.1) is 5.41 Å². The zero-order valence-corrected chi connectivity index (χ0v) is 10.6. The van der Waals surface area contributed by atoms with Crippen LogP contribution in [0.15, 0.2) is 18.2 Å². The fraction of sp³-hybridized carbons (Fsp3) is 0.500. The largest absolute Gasteiger partial charge is 0.481 e. The molecule has 1 heterocycles. The SMILES string of the molecule is CC(C)(CC(O)c1ccc2c(c1)COC2)C(=O)O. The van der Waals surface area contributed by atoms with Gasteiger partial charge in [-0.25, -0.2) is 0 Å². The second-order valence-electron chi connectivity index (χ2n) is 5.43. The van der Waals surface area contributed by atoms with E-state index in [4.69, 9.17) is 9.84 Å². The summed E-state index contributed by atoms with van der Waals surface area (Å²) in [6, 6.07) is 5.69. The Bertz CT molecular complexity index is 465. The van der Waals surface area contributed by atoms with Gasteiger partial charge in [0.15, 0.2) is 0 Å². The van der Waals surface area contributed by atoms with Crippen LogP contribution in [0.3, 0.4) is 0 Å². The highest BCUT2D eigenvalue weighted by Gasteiger charge is 2.30. The van der Waals surface area contributed by atoms with Crippen molar-refractivity contribution in [2.24, 2.45) is 5.41 Å². The molecule has 1 atom stereocenters. The van der Waals surface area contributed by atoms with Gasteiger partial charge in [0.05, 0.1) is 24.7 Å². The molecule has 0 fully saturated rings. The summed E-state index contributed by atoms with van der Waals surface area (Å²) < 4.78 is 5.31. The van der Waals surface area contributed by atoms with Gasteiger partial charge < -0.3 is 14.9 Å². The third-order valence-corrected chi connectivity index (χ3v) is 3.41. The van der Waals surface area contributed by atoms with Crippen LogP contribution in [0.2, 0.25) is 0 Å². The number of aliphatic hydroxyl groups is 1. The van der Waals surface area contributed by atoms with Crippen LogP contribution >= 0.6 is 0 Å². The number of aliphatic carboxylic acids is 1. The molecule has 0 saturated heterocycles.